The Morgan fingerprint density at radius 1 is 1.17 bits per heavy atom. The van der Waals surface area contributed by atoms with Gasteiger partial charge >= 0.3 is 0 Å². The number of hydrogen-bond acceptors (Lipinski definition) is 2. The summed E-state index contributed by atoms with van der Waals surface area (Å²) in [6.45, 7) is 4.02. The number of hydrogen-bond donors (Lipinski definition) is 2. The van der Waals surface area contributed by atoms with Gasteiger partial charge in [0.15, 0.2) is 0 Å². The fourth-order valence-electron chi connectivity index (χ4n) is 2.98. The molecule has 0 bridgehead atoms. The molecule has 122 valence electrons. The summed E-state index contributed by atoms with van der Waals surface area (Å²) in [6.07, 6.45) is 3.23. The van der Waals surface area contributed by atoms with Crippen LogP contribution in [0, 0.1) is 19.7 Å². The number of halogens is 1. The topological polar surface area (TPSA) is 71.8 Å². The summed E-state index contributed by atoms with van der Waals surface area (Å²) >= 11 is 0. The molecule has 24 heavy (non-hydrogen) atoms. The second kappa shape index (κ2) is 6.28. The van der Waals surface area contributed by atoms with Gasteiger partial charge in [0.1, 0.15) is 5.82 Å². The van der Waals surface area contributed by atoms with E-state index in [0.717, 1.165) is 22.4 Å². The van der Waals surface area contributed by atoms with Crippen LogP contribution in [0.15, 0.2) is 48.9 Å². The number of amides is 1. The van der Waals surface area contributed by atoms with Crippen LogP contribution in [0.5, 0.6) is 0 Å². The van der Waals surface area contributed by atoms with Crippen LogP contribution in [0.4, 0.5) is 4.39 Å². The van der Waals surface area contributed by atoms with Crippen LogP contribution in [0.3, 0.4) is 0 Å². The van der Waals surface area contributed by atoms with Crippen molar-refractivity contribution in [1.29, 1.82) is 0 Å². The molecule has 3 aromatic rings. The monoisotopic (exact) mass is 323 g/mol. The van der Waals surface area contributed by atoms with E-state index in [1.165, 1.54) is 6.07 Å². The lowest BCUT2D eigenvalue weighted by Crippen LogP contribution is -2.16. The van der Waals surface area contributed by atoms with E-state index in [9.17, 15) is 9.18 Å². The molecule has 0 aliphatic carbocycles. The Bertz CT molecular complexity index is 888. The van der Waals surface area contributed by atoms with Crippen molar-refractivity contribution in [2.24, 2.45) is 5.73 Å². The molecule has 1 heterocycles. The first-order valence-corrected chi connectivity index (χ1v) is 7.63. The number of aromatic nitrogens is 2. The molecule has 1 aromatic heterocycles. The minimum atomic E-state index is -0.779. The number of benzene rings is 2. The van der Waals surface area contributed by atoms with Gasteiger partial charge in [-0.1, -0.05) is 30.3 Å². The molecule has 0 aliphatic rings. The first kappa shape index (κ1) is 15.9. The molecule has 4 nitrogen and oxygen atoms in total. The Balaban J connectivity index is 2.27. The summed E-state index contributed by atoms with van der Waals surface area (Å²) in [5.74, 6) is -1.77. The second-order valence-corrected chi connectivity index (χ2v) is 5.80. The highest BCUT2D eigenvalue weighted by Gasteiger charge is 2.25. The lowest BCUT2D eigenvalue weighted by Gasteiger charge is -2.21. The molecule has 0 spiro atoms. The number of nitrogens with zero attached hydrogens (tertiary/aromatic N) is 1. The van der Waals surface area contributed by atoms with Crippen LogP contribution in [0.25, 0.3) is 0 Å². The second-order valence-electron chi connectivity index (χ2n) is 5.80. The van der Waals surface area contributed by atoms with Crippen LogP contribution in [-0.4, -0.2) is 15.9 Å². The summed E-state index contributed by atoms with van der Waals surface area (Å²) in [6, 6.07) is 10.6. The summed E-state index contributed by atoms with van der Waals surface area (Å²) in [5.41, 5.74) is 9.48. The van der Waals surface area contributed by atoms with Gasteiger partial charge in [-0.3, -0.25) is 4.79 Å². The largest absolute Gasteiger partial charge is 0.366 e. The minimum Gasteiger partial charge on any atom is -0.366 e. The Kier molecular flexibility index (Phi) is 4.16. The van der Waals surface area contributed by atoms with Crippen LogP contribution in [-0.2, 0) is 0 Å². The molecule has 1 amide bonds. The summed E-state index contributed by atoms with van der Waals surface area (Å²) < 4.78 is 14.9. The van der Waals surface area contributed by atoms with Crippen LogP contribution < -0.4 is 5.73 Å². The zero-order chi connectivity index (χ0) is 17.3. The number of carbonyl (C=O) groups excluding carboxylic acids is 1. The van der Waals surface area contributed by atoms with Gasteiger partial charge in [0.2, 0.25) is 0 Å². The van der Waals surface area contributed by atoms with Gasteiger partial charge in [-0.15, -0.1) is 0 Å². The first-order chi connectivity index (χ1) is 11.5. The van der Waals surface area contributed by atoms with Crippen LogP contribution in [0.2, 0.25) is 0 Å². The van der Waals surface area contributed by atoms with Gasteiger partial charge in [-0.25, -0.2) is 9.37 Å². The smallest absolute Gasteiger partial charge is 0.251 e. The highest BCUT2D eigenvalue weighted by molar-refractivity contribution is 5.93. The number of aryl methyl sites for hydroxylation is 1. The zero-order valence-corrected chi connectivity index (χ0v) is 13.5. The number of aromatic amines is 1. The maximum atomic E-state index is 14.9. The van der Waals surface area contributed by atoms with Crippen LogP contribution in [0.1, 0.15) is 44.2 Å². The molecule has 0 saturated heterocycles. The Labute approximate surface area is 139 Å². The number of primary amides is 1. The fraction of sp³-hybridized carbons (Fsp3) is 0.158. The SMILES string of the molecule is Cc1cccc(C(c2cnc[nH]2)c2cccc(C(N)=O)c2F)c1C. The Hall–Kier alpha value is -2.95. The van der Waals surface area contributed by atoms with E-state index in [4.69, 9.17) is 5.73 Å². The Morgan fingerprint density at radius 3 is 2.54 bits per heavy atom. The van der Waals surface area contributed by atoms with E-state index < -0.39 is 17.6 Å². The summed E-state index contributed by atoms with van der Waals surface area (Å²) in [5, 5.41) is 0. The predicted octanol–water partition coefficient (Wildman–Crippen LogP) is 3.44. The Morgan fingerprint density at radius 2 is 1.88 bits per heavy atom. The van der Waals surface area contributed by atoms with Crippen LogP contribution >= 0.6 is 0 Å². The molecule has 1 atom stereocenters. The molecule has 5 heteroatoms. The molecule has 1 unspecified atom stereocenters. The standard InChI is InChI=1S/C19H18FN3O/c1-11-5-3-6-13(12(11)2)17(16-9-22-10-23-16)14-7-4-8-15(18(14)20)19(21)24/h3-10,17H,1-2H3,(H2,21,24)(H,22,23). The van der Waals surface area contributed by atoms with E-state index in [1.807, 2.05) is 32.0 Å². The normalized spacial score (nSPS) is 12.1. The molecule has 3 rings (SSSR count). The molecule has 0 fully saturated rings. The molecule has 0 aliphatic heterocycles. The van der Waals surface area contributed by atoms with E-state index in [0.29, 0.717) is 5.56 Å². The summed E-state index contributed by atoms with van der Waals surface area (Å²) in [7, 11) is 0. The fourth-order valence-corrected chi connectivity index (χ4v) is 2.98. The molecular weight excluding hydrogens is 305 g/mol. The van der Waals surface area contributed by atoms with Crippen molar-refractivity contribution in [3.05, 3.63) is 88.3 Å². The van der Waals surface area contributed by atoms with Gasteiger partial charge in [0.05, 0.1) is 17.8 Å². The van der Waals surface area contributed by atoms with E-state index in [-0.39, 0.29) is 5.56 Å². The number of imidazole rings is 1. The molecule has 3 N–H and O–H groups in total. The number of rotatable bonds is 4. The molecule has 2 aromatic carbocycles. The zero-order valence-electron chi connectivity index (χ0n) is 13.5. The van der Waals surface area contributed by atoms with Gasteiger partial charge in [0.25, 0.3) is 5.91 Å². The number of carbonyl (C=O) groups is 1. The van der Waals surface area contributed by atoms with Gasteiger partial charge in [0, 0.05) is 17.5 Å². The molecule has 0 radical (unpaired) electrons. The number of H-pyrrole nitrogens is 1. The van der Waals surface area contributed by atoms with Crippen molar-refractivity contribution in [2.45, 2.75) is 19.8 Å². The minimum absolute atomic E-state index is 0.109. The predicted molar refractivity (Wildman–Crippen MR) is 90.4 cm³/mol. The van der Waals surface area contributed by atoms with E-state index in [2.05, 4.69) is 9.97 Å². The quantitative estimate of drug-likeness (QED) is 0.772. The third-order valence-electron chi connectivity index (χ3n) is 4.39. The highest BCUT2D eigenvalue weighted by Crippen LogP contribution is 2.35. The first-order valence-electron chi connectivity index (χ1n) is 7.63. The van der Waals surface area contributed by atoms with E-state index >= 15 is 0 Å². The average Bonchev–Trinajstić information content (AvgIpc) is 3.07. The van der Waals surface area contributed by atoms with Crippen molar-refractivity contribution in [3.63, 3.8) is 0 Å². The highest BCUT2D eigenvalue weighted by atomic mass is 19.1. The third-order valence-corrected chi connectivity index (χ3v) is 4.39. The van der Waals surface area contributed by atoms with Gasteiger partial charge in [-0.05, 0) is 36.6 Å². The van der Waals surface area contributed by atoms with Crippen molar-refractivity contribution in [3.8, 4) is 0 Å². The lowest BCUT2D eigenvalue weighted by molar-refractivity contribution is 0.0996. The maximum Gasteiger partial charge on any atom is 0.251 e. The van der Waals surface area contributed by atoms with Crippen molar-refractivity contribution < 1.29 is 9.18 Å². The maximum absolute atomic E-state index is 14.9. The molecule has 0 saturated carbocycles. The molecular formula is C19H18FN3O. The van der Waals surface area contributed by atoms with Crippen molar-refractivity contribution in [1.82, 2.24) is 9.97 Å². The average molecular weight is 323 g/mol. The van der Waals surface area contributed by atoms with Crippen molar-refractivity contribution in [2.75, 3.05) is 0 Å². The lowest BCUT2D eigenvalue weighted by atomic mass is 9.84. The van der Waals surface area contributed by atoms with Gasteiger partial charge < -0.3 is 10.7 Å². The van der Waals surface area contributed by atoms with Gasteiger partial charge in [-0.2, -0.15) is 0 Å². The van der Waals surface area contributed by atoms with E-state index in [1.54, 1.807) is 24.7 Å². The van der Waals surface area contributed by atoms with Crippen molar-refractivity contribution >= 4 is 5.91 Å². The number of nitrogens with one attached hydrogen (secondary N) is 1. The third kappa shape index (κ3) is 2.69. The summed E-state index contributed by atoms with van der Waals surface area (Å²) in [4.78, 5) is 18.6. The number of nitrogens with two attached hydrogens (primary N) is 1.